The first kappa shape index (κ1) is 34.3. The Kier molecular flexibility index (Phi) is 10.6. The zero-order valence-corrected chi connectivity index (χ0v) is 28.4. The molecule has 254 valence electrons. The van der Waals surface area contributed by atoms with Crippen molar-refractivity contribution in [2.24, 2.45) is 5.73 Å². The molecule has 0 aromatic heterocycles. The molecule has 4 aromatic carbocycles. The molecule has 3 N–H and O–H groups in total. The Balaban J connectivity index is 1.25. The van der Waals surface area contributed by atoms with Gasteiger partial charge in [-0.1, -0.05) is 54.1 Å². The van der Waals surface area contributed by atoms with E-state index in [9.17, 15) is 9.00 Å². The van der Waals surface area contributed by atoms with Crippen LogP contribution in [0.1, 0.15) is 51.0 Å². The van der Waals surface area contributed by atoms with Crippen molar-refractivity contribution in [1.29, 1.82) is 0 Å². The summed E-state index contributed by atoms with van der Waals surface area (Å²) in [6.07, 6.45) is 5.63. The summed E-state index contributed by atoms with van der Waals surface area (Å²) in [6, 6.07) is 19.5. The molecule has 11 heteroatoms. The largest absolute Gasteiger partial charge is 0.492 e. The third kappa shape index (κ3) is 7.67. The van der Waals surface area contributed by atoms with E-state index in [0.29, 0.717) is 35.8 Å². The molecule has 1 unspecified atom stereocenters. The number of piperidine rings is 1. The summed E-state index contributed by atoms with van der Waals surface area (Å²) in [5, 5.41) is 2.11. The number of alkyl halides is 2. The number of hydrogen-bond acceptors (Lipinski definition) is 5. The maximum atomic E-state index is 16.5. The number of carbonyl (C=O) groups is 1. The van der Waals surface area contributed by atoms with E-state index in [4.69, 9.17) is 26.8 Å². The normalized spacial score (nSPS) is 17.4. The first-order valence-corrected chi connectivity index (χ1v) is 18.0. The van der Waals surface area contributed by atoms with Crippen LogP contribution in [0.5, 0.6) is 11.5 Å². The van der Waals surface area contributed by atoms with E-state index >= 15 is 8.78 Å². The van der Waals surface area contributed by atoms with Gasteiger partial charge in [-0.3, -0.25) is 4.79 Å². The molecule has 48 heavy (non-hydrogen) atoms. The van der Waals surface area contributed by atoms with Gasteiger partial charge < -0.3 is 20.1 Å². The zero-order valence-electron chi connectivity index (χ0n) is 26.8. The van der Waals surface area contributed by atoms with Crippen molar-refractivity contribution in [2.45, 2.75) is 74.5 Å². The molecule has 6 rings (SSSR count). The van der Waals surface area contributed by atoms with Crippen LogP contribution in [0.15, 0.2) is 83.8 Å². The molecule has 4 aromatic rings. The molecule has 1 aliphatic heterocycles. The van der Waals surface area contributed by atoms with Crippen molar-refractivity contribution in [3.05, 3.63) is 89.4 Å². The third-order valence-electron chi connectivity index (χ3n) is 9.12. The molecule has 2 fully saturated rings. The number of nitrogens with one attached hydrogen (secondary N) is 1. The summed E-state index contributed by atoms with van der Waals surface area (Å²) in [6.45, 7) is 2.77. The number of ether oxygens (including phenoxy) is 2. The van der Waals surface area contributed by atoms with Gasteiger partial charge in [0, 0.05) is 24.7 Å². The first-order chi connectivity index (χ1) is 23.1. The van der Waals surface area contributed by atoms with E-state index in [1.54, 1.807) is 48.5 Å². The maximum Gasteiger partial charge on any atom is 0.298 e. The number of carbonyl (C=O) groups excluding carboxylic acids is 1. The molecule has 1 aliphatic carbocycles. The molecule has 1 saturated heterocycles. The molecule has 7 nitrogen and oxygen atoms in total. The predicted octanol–water partition coefficient (Wildman–Crippen LogP) is 7.60. The van der Waals surface area contributed by atoms with Gasteiger partial charge in [-0.2, -0.15) is 8.78 Å². The molecular weight excluding hydrogens is 656 g/mol. The van der Waals surface area contributed by atoms with Crippen molar-refractivity contribution in [3.63, 3.8) is 0 Å². The molecule has 0 spiro atoms. The van der Waals surface area contributed by atoms with Crippen LogP contribution in [0.25, 0.3) is 21.9 Å². The Morgan fingerprint density at radius 2 is 1.62 bits per heavy atom. The van der Waals surface area contributed by atoms with Crippen molar-refractivity contribution in [3.8, 4) is 22.6 Å². The lowest BCUT2D eigenvalue weighted by molar-refractivity contribution is -0.145. The molecule has 2 aliphatic rings. The minimum atomic E-state index is -3.70. The molecule has 1 heterocycles. The predicted molar refractivity (Wildman–Crippen MR) is 186 cm³/mol. The monoisotopic (exact) mass is 695 g/mol. The van der Waals surface area contributed by atoms with Gasteiger partial charge >= 0.3 is 0 Å². The van der Waals surface area contributed by atoms with Gasteiger partial charge in [0.05, 0.1) is 22.6 Å². The number of nitrogens with zero attached hydrogens (tertiary/aromatic N) is 1. The number of fused-ring (bicyclic) bond motifs is 1. The molecule has 0 radical (unpaired) electrons. The van der Waals surface area contributed by atoms with Crippen LogP contribution < -0.4 is 19.9 Å². The highest BCUT2D eigenvalue weighted by Gasteiger charge is 2.48. The minimum absolute atomic E-state index is 0.0968. The Hall–Kier alpha value is -3.57. The van der Waals surface area contributed by atoms with E-state index in [1.165, 1.54) is 29.9 Å². The van der Waals surface area contributed by atoms with Gasteiger partial charge in [0.1, 0.15) is 22.5 Å². The van der Waals surface area contributed by atoms with Crippen molar-refractivity contribution < 1.29 is 27.3 Å². The van der Waals surface area contributed by atoms with Gasteiger partial charge in [-0.15, -0.1) is 0 Å². The molecule has 2 atom stereocenters. The quantitative estimate of drug-likeness (QED) is 0.169. The number of benzene rings is 4. The highest BCUT2D eigenvalue weighted by Crippen LogP contribution is 2.37. The van der Waals surface area contributed by atoms with Crippen molar-refractivity contribution in [2.75, 3.05) is 19.7 Å². The Bertz CT molecular complexity index is 1780. The number of rotatable bonds is 11. The third-order valence-corrected chi connectivity index (χ3v) is 10.6. The van der Waals surface area contributed by atoms with Crippen LogP contribution in [0.2, 0.25) is 5.02 Å². The smallest absolute Gasteiger partial charge is 0.298 e. The Morgan fingerprint density at radius 1 is 0.958 bits per heavy atom. The van der Waals surface area contributed by atoms with E-state index in [1.807, 2.05) is 25.1 Å². The fourth-order valence-electron chi connectivity index (χ4n) is 6.35. The van der Waals surface area contributed by atoms with Gasteiger partial charge in [-0.25, -0.2) is 8.93 Å². The topological polar surface area (TPSA) is 93.9 Å². The summed E-state index contributed by atoms with van der Waals surface area (Å²) < 4.78 is 60.9. The Morgan fingerprint density at radius 3 is 2.33 bits per heavy atom. The van der Waals surface area contributed by atoms with E-state index < -0.39 is 28.9 Å². The number of hydrogen-bond donors (Lipinski definition) is 2. The molecule has 0 bridgehead atoms. The lowest BCUT2D eigenvalue weighted by Gasteiger charge is -2.35. The van der Waals surface area contributed by atoms with Crippen molar-refractivity contribution >= 4 is 39.3 Å². The highest BCUT2D eigenvalue weighted by atomic mass is 35.5. The van der Waals surface area contributed by atoms with E-state index in [2.05, 4.69) is 4.72 Å². The highest BCUT2D eigenvalue weighted by molar-refractivity contribution is 7.83. The lowest BCUT2D eigenvalue weighted by atomic mass is 9.96. The number of halogens is 3. The van der Waals surface area contributed by atoms with Crippen LogP contribution in [-0.2, 0) is 21.7 Å². The fourth-order valence-corrected chi connectivity index (χ4v) is 7.54. The van der Waals surface area contributed by atoms with E-state index in [-0.39, 0.29) is 35.7 Å². The Labute approximate surface area is 287 Å². The summed E-state index contributed by atoms with van der Waals surface area (Å²) in [4.78, 5) is 15.4. The summed E-state index contributed by atoms with van der Waals surface area (Å²) in [5.41, 5.74) is 7.06. The van der Waals surface area contributed by atoms with Crippen LogP contribution in [-0.4, -0.2) is 52.9 Å². The van der Waals surface area contributed by atoms with Crippen LogP contribution in [0.3, 0.4) is 0 Å². The van der Waals surface area contributed by atoms with E-state index in [0.717, 1.165) is 34.9 Å². The standard InChI is InChI=1S/C37H40ClF2N3O4S/c1-2-46-34-23-27(11-16-33(34)38)24-7-12-28(13-8-24)37(39,40)35(36(44)43-19-17-29(41)18-20-43)42-48(45)32-15-10-25-21-31(14-9-26(25)22-32)47-30-5-3-4-6-30/h7-16,21-23,29-30,35,42H,2-6,17-20,41H2,1H3/t35-,48?/m0/s1. The van der Waals surface area contributed by atoms with Gasteiger partial charge in [-0.05, 0) is 104 Å². The average molecular weight is 696 g/mol. The fraction of sp³-hybridized carbons (Fsp3) is 0.378. The molecule has 1 amide bonds. The summed E-state index contributed by atoms with van der Waals surface area (Å²) >= 11 is 6.23. The van der Waals surface area contributed by atoms with Crippen molar-refractivity contribution in [1.82, 2.24) is 9.62 Å². The second-order valence-corrected chi connectivity index (χ2v) is 14.1. The number of amides is 1. The average Bonchev–Trinajstić information content (AvgIpc) is 3.61. The molecular formula is C37H40ClF2N3O4S. The minimum Gasteiger partial charge on any atom is -0.492 e. The number of likely N-dealkylation sites (tertiary alicyclic amines) is 1. The zero-order chi connectivity index (χ0) is 33.8. The van der Waals surface area contributed by atoms with Crippen LogP contribution >= 0.6 is 11.6 Å². The SMILES string of the molecule is CCOc1cc(-c2ccc(C(F)(F)[C@@H](NS(=O)c3ccc4cc(OC5CCCC5)ccc4c3)C(=O)N3CCC(N)CC3)cc2)ccc1Cl. The summed E-state index contributed by atoms with van der Waals surface area (Å²) in [7, 11) is -2.13. The van der Waals surface area contributed by atoms with Gasteiger partial charge in [0.25, 0.3) is 5.92 Å². The second-order valence-electron chi connectivity index (χ2n) is 12.5. The number of nitrogens with two attached hydrogens (primary N) is 1. The summed E-state index contributed by atoms with van der Waals surface area (Å²) in [5.74, 6) is -3.26. The van der Waals surface area contributed by atoms with Crippen LogP contribution in [0, 0.1) is 0 Å². The lowest BCUT2D eigenvalue weighted by Crippen LogP contribution is -2.57. The van der Waals surface area contributed by atoms with Gasteiger partial charge in [0.2, 0.25) is 5.91 Å². The van der Waals surface area contributed by atoms with Gasteiger partial charge in [0.15, 0.2) is 6.04 Å². The van der Waals surface area contributed by atoms with Crippen LogP contribution in [0.4, 0.5) is 8.78 Å². The second kappa shape index (κ2) is 14.9. The maximum absolute atomic E-state index is 16.5. The molecule has 1 saturated carbocycles. The first-order valence-electron chi connectivity index (χ1n) is 16.5.